The van der Waals surface area contributed by atoms with Crippen LogP contribution in [0, 0.1) is 5.92 Å². The average molecular weight is 246 g/mol. The smallest absolute Gasteiger partial charge is 0.339 e. The molecule has 3 rings (SSSR count). The van der Waals surface area contributed by atoms with Crippen LogP contribution in [0.3, 0.4) is 0 Å². The molecule has 1 amide bonds. The standard InChI is InChI=1S/C13H14N2O3/c1-18-13(17)7-5-10-11(14-6-7)8-3-2-4-9(8)12(16)15-10/h5-6,8-9H,2-4H2,1H3,(H,15,16). The number of hydrogen-bond donors (Lipinski definition) is 1. The number of amides is 1. The van der Waals surface area contributed by atoms with Crippen molar-refractivity contribution in [1.29, 1.82) is 0 Å². The Kier molecular flexibility index (Phi) is 2.54. The van der Waals surface area contributed by atoms with E-state index in [9.17, 15) is 9.59 Å². The number of aromatic nitrogens is 1. The summed E-state index contributed by atoms with van der Waals surface area (Å²) in [5, 5.41) is 2.84. The number of fused-ring (bicyclic) bond motifs is 3. The minimum Gasteiger partial charge on any atom is -0.465 e. The van der Waals surface area contributed by atoms with Gasteiger partial charge < -0.3 is 10.1 Å². The van der Waals surface area contributed by atoms with Gasteiger partial charge in [-0.2, -0.15) is 0 Å². The summed E-state index contributed by atoms with van der Waals surface area (Å²) in [6.45, 7) is 0. The molecule has 5 nitrogen and oxygen atoms in total. The lowest BCUT2D eigenvalue weighted by atomic mass is 9.87. The Hall–Kier alpha value is -1.91. The summed E-state index contributed by atoms with van der Waals surface area (Å²) in [6.07, 6.45) is 4.51. The summed E-state index contributed by atoms with van der Waals surface area (Å²) in [5.41, 5.74) is 1.93. The first-order valence-corrected chi connectivity index (χ1v) is 6.10. The summed E-state index contributed by atoms with van der Waals surface area (Å²) < 4.78 is 4.65. The van der Waals surface area contributed by atoms with Crippen molar-refractivity contribution in [3.05, 3.63) is 23.5 Å². The van der Waals surface area contributed by atoms with Crippen molar-refractivity contribution >= 4 is 17.6 Å². The van der Waals surface area contributed by atoms with Gasteiger partial charge in [0.15, 0.2) is 0 Å². The Morgan fingerprint density at radius 2 is 2.22 bits per heavy atom. The second-order valence-corrected chi connectivity index (χ2v) is 4.78. The molecule has 1 saturated carbocycles. The summed E-state index contributed by atoms with van der Waals surface area (Å²) in [5.74, 6) is -0.128. The van der Waals surface area contributed by atoms with Crippen LogP contribution in [-0.4, -0.2) is 24.0 Å². The van der Waals surface area contributed by atoms with Crippen molar-refractivity contribution in [3.63, 3.8) is 0 Å². The fourth-order valence-electron chi connectivity index (χ4n) is 2.93. The molecule has 5 heteroatoms. The zero-order chi connectivity index (χ0) is 12.7. The third kappa shape index (κ3) is 1.58. The van der Waals surface area contributed by atoms with Gasteiger partial charge in [-0.3, -0.25) is 9.78 Å². The predicted molar refractivity (Wildman–Crippen MR) is 64.3 cm³/mol. The van der Waals surface area contributed by atoms with Gasteiger partial charge in [-0.05, 0) is 18.9 Å². The monoisotopic (exact) mass is 246 g/mol. The zero-order valence-corrected chi connectivity index (χ0v) is 10.1. The Bertz CT molecular complexity index is 527. The van der Waals surface area contributed by atoms with Gasteiger partial charge in [0.1, 0.15) is 0 Å². The number of carbonyl (C=O) groups is 2. The first-order chi connectivity index (χ1) is 8.70. The number of ether oxygens (including phenoxy) is 1. The Balaban J connectivity index is 2.02. The van der Waals surface area contributed by atoms with Gasteiger partial charge in [0.2, 0.25) is 5.91 Å². The van der Waals surface area contributed by atoms with Gasteiger partial charge in [-0.15, -0.1) is 0 Å². The Morgan fingerprint density at radius 3 is 3.00 bits per heavy atom. The topological polar surface area (TPSA) is 68.3 Å². The SMILES string of the molecule is COC(=O)c1cnc2c(c1)NC(=O)C1CCCC21. The number of pyridine rings is 1. The fraction of sp³-hybridized carbons (Fsp3) is 0.462. The van der Waals surface area contributed by atoms with Crippen LogP contribution in [0.15, 0.2) is 12.3 Å². The molecule has 0 spiro atoms. The van der Waals surface area contributed by atoms with E-state index < -0.39 is 5.97 Å². The molecule has 2 atom stereocenters. The molecule has 0 saturated heterocycles. The molecule has 18 heavy (non-hydrogen) atoms. The minimum absolute atomic E-state index is 0.0498. The van der Waals surface area contributed by atoms with Crippen LogP contribution in [-0.2, 0) is 9.53 Å². The van der Waals surface area contributed by atoms with Gasteiger partial charge in [-0.1, -0.05) is 6.42 Å². The van der Waals surface area contributed by atoms with Crippen LogP contribution < -0.4 is 5.32 Å². The van der Waals surface area contributed by atoms with E-state index in [4.69, 9.17) is 0 Å². The Labute approximate surface area is 105 Å². The first kappa shape index (κ1) is 11.2. The van der Waals surface area contributed by atoms with Crippen LogP contribution in [0.2, 0.25) is 0 Å². The van der Waals surface area contributed by atoms with Crippen molar-refractivity contribution < 1.29 is 14.3 Å². The fourth-order valence-corrected chi connectivity index (χ4v) is 2.93. The quantitative estimate of drug-likeness (QED) is 0.766. The van der Waals surface area contributed by atoms with Crippen molar-refractivity contribution in [2.24, 2.45) is 5.92 Å². The van der Waals surface area contributed by atoms with E-state index in [1.807, 2.05) is 0 Å². The number of hydrogen-bond acceptors (Lipinski definition) is 4. The number of nitrogens with zero attached hydrogens (tertiary/aromatic N) is 1. The molecule has 2 aliphatic rings. The van der Waals surface area contributed by atoms with E-state index in [1.54, 1.807) is 6.07 Å². The number of methoxy groups -OCH3 is 1. The van der Waals surface area contributed by atoms with E-state index in [2.05, 4.69) is 15.0 Å². The van der Waals surface area contributed by atoms with Crippen molar-refractivity contribution in [3.8, 4) is 0 Å². The van der Waals surface area contributed by atoms with E-state index in [1.165, 1.54) is 13.3 Å². The number of esters is 1. The molecule has 2 unspecified atom stereocenters. The van der Waals surface area contributed by atoms with Gasteiger partial charge in [-0.25, -0.2) is 4.79 Å². The van der Waals surface area contributed by atoms with E-state index in [0.29, 0.717) is 11.3 Å². The molecule has 1 N–H and O–H groups in total. The summed E-state index contributed by atoms with van der Waals surface area (Å²) >= 11 is 0. The molecule has 1 aromatic heterocycles. The van der Waals surface area contributed by atoms with Crippen LogP contribution in [0.1, 0.15) is 41.2 Å². The average Bonchev–Trinajstić information content (AvgIpc) is 2.87. The number of nitrogens with one attached hydrogen (secondary N) is 1. The molecule has 0 aromatic carbocycles. The van der Waals surface area contributed by atoms with E-state index >= 15 is 0 Å². The normalized spacial score (nSPS) is 25.1. The maximum atomic E-state index is 11.9. The van der Waals surface area contributed by atoms with Gasteiger partial charge >= 0.3 is 5.97 Å². The van der Waals surface area contributed by atoms with Crippen molar-refractivity contribution in [2.45, 2.75) is 25.2 Å². The number of carbonyl (C=O) groups excluding carboxylic acids is 2. The van der Waals surface area contributed by atoms with Gasteiger partial charge in [0.25, 0.3) is 0 Å². The van der Waals surface area contributed by atoms with E-state index in [0.717, 1.165) is 25.0 Å². The molecular weight excluding hydrogens is 232 g/mol. The number of anilines is 1. The maximum absolute atomic E-state index is 11.9. The maximum Gasteiger partial charge on any atom is 0.339 e. The predicted octanol–water partition coefficient (Wildman–Crippen LogP) is 1.70. The third-order valence-electron chi connectivity index (χ3n) is 3.80. The molecule has 0 radical (unpaired) electrons. The first-order valence-electron chi connectivity index (χ1n) is 6.10. The third-order valence-corrected chi connectivity index (χ3v) is 3.80. The molecule has 1 aromatic rings. The second kappa shape index (κ2) is 4.08. The van der Waals surface area contributed by atoms with Crippen molar-refractivity contribution in [2.75, 3.05) is 12.4 Å². The minimum atomic E-state index is -0.437. The van der Waals surface area contributed by atoms with Crippen LogP contribution >= 0.6 is 0 Å². The lowest BCUT2D eigenvalue weighted by molar-refractivity contribution is -0.120. The summed E-state index contributed by atoms with van der Waals surface area (Å²) in [7, 11) is 1.33. The highest BCUT2D eigenvalue weighted by molar-refractivity contribution is 5.98. The molecule has 1 fully saturated rings. The lowest BCUT2D eigenvalue weighted by Crippen LogP contribution is -2.31. The van der Waals surface area contributed by atoms with Crippen LogP contribution in [0.5, 0.6) is 0 Å². The van der Waals surface area contributed by atoms with Crippen LogP contribution in [0.4, 0.5) is 5.69 Å². The summed E-state index contributed by atoms with van der Waals surface area (Å²) in [6, 6.07) is 1.65. The molecule has 0 bridgehead atoms. The molecule has 1 aliphatic heterocycles. The Morgan fingerprint density at radius 1 is 1.44 bits per heavy atom. The summed E-state index contributed by atoms with van der Waals surface area (Å²) in [4.78, 5) is 27.7. The highest BCUT2D eigenvalue weighted by atomic mass is 16.5. The molecule has 1 aliphatic carbocycles. The van der Waals surface area contributed by atoms with Gasteiger partial charge in [0.05, 0.1) is 24.1 Å². The molecular formula is C13H14N2O3. The zero-order valence-electron chi connectivity index (χ0n) is 10.1. The number of rotatable bonds is 1. The highest BCUT2D eigenvalue weighted by Gasteiger charge is 2.40. The van der Waals surface area contributed by atoms with Crippen molar-refractivity contribution in [1.82, 2.24) is 4.98 Å². The highest BCUT2D eigenvalue weighted by Crippen LogP contribution is 2.45. The lowest BCUT2D eigenvalue weighted by Gasteiger charge is -2.27. The molecule has 2 heterocycles. The van der Waals surface area contributed by atoms with Crippen LogP contribution in [0.25, 0.3) is 0 Å². The largest absolute Gasteiger partial charge is 0.465 e. The second-order valence-electron chi connectivity index (χ2n) is 4.78. The van der Waals surface area contributed by atoms with E-state index in [-0.39, 0.29) is 17.7 Å². The van der Waals surface area contributed by atoms with Gasteiger partial charge in [0, 0.05) is 18.0 Å². The molecule has 94 valence electrons.